The van der Waals surface area contributed by atoms with E-state index in [4.69, 9.17) is 11.6 Å². The number of benzene rings is 1. The van der Waals surface area contributed by atoms with Crippen LogP contribution in [0.4, 0.5) is 5.69 Å². The Morgan fingerprint density at radius 3 is 2.63 bits per heavy atom. The van der Waals surface area contributed by atoms with Crippen molar-refractivity contribution in [2.45, 2.75) is 33.7 Å². The molecule has 0 unspecified atom stereocenters. The molecular weight excluding hydrogens is 366 g/mol. The van der Waals surface area contributed by atoms with Gasteiger partial charge in [-0.05, 0) is 44.5 Å². The lowest BCUT2D eigenvalue weighted by molar-refractivity contribution is -0.116. The fraction of sp³-hybridized carbons (Fsp3) is 0.263. The van der Waals surface area contributed by atoms with E-state index in [1.807, 2.05) is 26.8 Å². The zero-order chi connectivity index (χ0) is 19.6. The number of hydrogen-bond donors (Lipinski definition) is 1. The van der Waals surface area contributed by atoms with E-state index in [0.29, 0.717) is 28.8 Å². The second-order valence-electron chi connectivity index (χ2n) is 6.22. The van der Waals surface area contributed by atoms with E-state index in [2.05, 4.69) is 15.4 Å². The zero-order valence-corrected chi connectivity index (χ0v) is 16.1. The van der Waals surface area contributed by atoms with Crippen LogP contribution in [0.3, 0.4) is 0 Å². The van der Waals surface area contributed by atoms with Crippen LogP contribution in [-0.4, -0.2) is 25.2 Å². The van der Waals surface area contributed by atoms with Crippen LogP contribution < -0.4 is 10.9 Å². The molecule has 3 rings (SSSR count). The summed E-state index contributed by atoms with van der Waals surface area (Å²) in [6.07, 6.45) is 0.608. The van der Waals surface area contributed by atoms with Gasteiger partial charge < -0.3 is 5.32 Å². The van der Waals surface area contributed by atoms with Crippen molar-refractivity contribution in [2.24, 2.45) is 0 Å². The Morgan fingerprint density at radius 1 is 1.22 bits per heavy atom. The fourth-order valence-electron chi connectivity index (χ4n) is 2.77. The molecule has 1 aromatic carbocycles. The molecule has 0 spiro atoms. The van der Waals surface area contributed by atoms with Crippen LogP contribution in [-0.2, 0) is 17.8 Å². The number of carbonyl (C=O) groups excluding carboxylic acids is 1. The Hall–Kier alpha value is -2.93. The summed E-state index contributed by atoms with van der Waals surface area (Å²) >= 11 is 5.94. The van der Waals surface area contributed by atoms with Gasteiger partial charge in [0, 0.05) is 28.2 Å². The number of amides is 1. The molecule has 0 saturated carbocycles. The van der Waals surface area contributed by atoms with E-state index >= 15 is 0 Å². The number of nitrogens with zero attached hydrogens (tertiary/aromatic N) is 4. The van der Waals surface area contributed by atoms with Crippen LogP contribution in [0.1, 0.15) is 24.0 Å². The van der Waals surface area contributed by atoms with Crippen molar-refractivity contribution in [1.82, 2.24) is 19.3 Å². The summed E-state index contributed by atoms with van der Waals surface area (Å²) in [4.78, 5) is 29.7. The molecule has 0 aliphatic heterocycles. The van der Waals surface area contributed by atoms with E-state index in [-0.39, 0.29) is 18.0 Å². The summed E-state index contributed by atoms with van der Waals surface area (Å²) < 4.78 is 2.90. The lowest BCUT2D eigenvalue weighted by Crippen LogP contribution is -2.32. The number of hydrogen-bond acceptors (Lipinski definition) is 4. The van der Waals surface area contributed by atoms with E-state index in [1.54, 1.807) is 28.9 Å². The van der Waals surface area contributed by atoms with Gasteiger partial charge in [0.05, 0.1) is 5.69 Å². The molecule has 1 N–H and O–H groups in total. The molecule has 2 aromatic heterocycles. The number of carbonyl (C=O) groups is 1. The van der Waals surface area contributed by atoms with Crippen molar-refractivity contribution in [3.63, 3.8) is 0 Å². The van der Waals surface area contributed by atoms with E-state index in [9.17, 15) is 9.59 Å². The van der Waals surface area contributed by atoms with Gasteiger partial charge in [-0.2, -0.15) is 5.10 Å². The first-order valence-corrected chi connectivity index (χ1v) is 8.95. The second-order valence-corrected chi connectivity index (χ2v) is 6.66. The molecule has 140 valence electrons. The maximum absolute atomic E-state index is 12.6. The van der Waals surface area contributed by atoms with Crippen LogP contribution in [0.15, 0.2) is 41.2 Å². The maximum atomic E-state index is 12.6. The molecule has 3 aromatic rings. The minimum Gasteiger partial charge on any atom is -0.324 e. The third-order valence-electron chi connectivity index (χ3n) is 4.01. The highest BCUT2D eigenvalue weighted by Gasteiger charge is 2.16. The highest BCUT2D eigenvalue weighted by atomic mass is 35.5. The third kappa shape index (κ3) is 4.25. The summed E-state index contributed by atoms with van der Waals surface area (Å²) in [5.74, 6) is -0.0283. The molecule has 0 bridgehead atoms. The Balaban J connectivity index is 1.98. The molecule has 0 aliphatic carbocycles. The van der Waals surface area contributed by atoms with Gasteiger partial charge in [0.25, 0.3) is 5.56 Å². The predicted molar refractivity (Wildman–Crippen MR) is 105 cm³/mol. The highest BCUT2D eigenvalue weighted by molar-refractivity contribution is 6.30. The first kappa shape index (κ1) is 18.8. The summed E-state index contributed by atoms with van der Waals surface area (Å²) in [6.45, 7) is 5.47. The number of halogens is 1. The Kier molecular flexibility index (Phi) is 5.41. The van der Waals surface area contributed by atoms with Gasteiger partial charge in [-0.1, -0.05) is 24.6 Å². The number of aromatic nitrogens is 4. The zero-order valence-electron chi connectivity index (χ0n) is 15.4. The number of anilines is 1. The van der Waals surface area contributed by atoms with E-state index in [0.717, 1.165) is 11.4 Å². The molecule has 27 heavy (non-hydrogen) atoms. The molecule has 2 heterocycles. The van der Waals surface area contributed by atoms with Crippen molar-refractivity contribution in [1.29, 1.82) is 0 Å². The first-order chi connectivity index (χ1) is 12.9. The largest absolute Gasteiger partial charge is 0.324 e. The quantitative estimate of drug-likeness (QED) is 0.732. The van der Waals surface area contributed by atoms with Crippen LogP contribution in [0.5, 0.6) is 0 Å². The molecule has 0 fully saturated rings. The molecule has 0 atom stereocenters. The predicted octanol–water partition coefficient (Wildman–Crippen LogP) is 2.90. The highest BCUT2D eigenvalue weighted by Crippen LogP contribution is 2.15. The van der Waals surface area contributed by atoms with Crippen molar-refractivity contribution < 1.29 is 4.79 Å². The summed E-state index contributed by atoms with van der Waals surface area (Å²) in [5, 5.41) is 7.67. The van der Waals surface area contributed by atoms with Gasteiger partial charge in [-0.25, -0.2) is 9.67 Å². The molecule has 0 radical (unpaired) electrons. The Bertz CT molecular complexity index is 1050. The SMILES string of the molecule is CCc1cc(=O)n(CC(=O)Nc2cccc(Cl)c2)c(-n2nc(C)cc2C)n1. The maximum Gasteiger partial charge on any atom is 0.255 e. The van der Waals surface area contributed by atoms with Gasteiger partial charge in [-0.15, -0.1) is 0 Å². The average Bonchev–Trinajstić information content (AvgIpc) is 2.94. The van der Waals surface area contributed by atoms with Gasteiger partial charge >= 0.3 is 0 Å². The molecule has 8 heteroatoms. The van der Waals surface area contributed by atoms with Gasteiger partial charge in [0.2, 0.25) is 11.9 Å². The minimum atomic E-state index is -0.354. The van der Waals surface area contributed by atoms with Crippen molar-refractivity contribution in [2.75, 3.05) is 5.32 Å². The lowest BCUT2D eigenvalue weighted by Gasteiger charge is -2.14. The topological polar surface area (TPSA) is 81.8 Å². The van der Waals surface area contributed by atoms with Crippen LogP contribution in [0.2, 0.25) is 5.02 Å². The van der Waals surface area contributed by atoms with Crippen LogP contribution in [0, 0.1) is 13.8 Å². The summed E-state index contributed by atoms with van der Waals surface area (Å²) in [7, 11) is 0. The molecule has 1 amide bonds. The fourth-order valence-corrected chi connectivity index (χ4v) is 2.96. The van der Waals surface area contributed by atoms with Gasteiger partial charge in [0.1, 0.15) is 6.54 Å². The first-order valence-electron chi connectivity index (χ1n) is 8.57. The summed E-state index contributed by atoms with van der Waals surface area (Å²) in [5.41, 5.74) is 2.54. The minimum absolute atomic E-state index is 0.185. The van der Waals surface area contributed by atoms with E-state index < -0.39 is 0 Å². The van der Waals surface area contributed by atoms with Crippen LogP contribution >= 0.6 is 11.6 Å². The standard InChI is InChI=1S/C19H20ClN5O2/c1-4-15-10-18(27)24(19(22-15)25-13(3)8-12(2)23-25)11-17(26)21-16-7-5-6-14(20)9-16/h5-10H,4,11H2,1-3H3,(H,21,26). The number of aryl methyl sites for hydroxylation is 3. The molecular formula is C19H20ClN5O2. The summed E-state index contributed by atoms with van der Waals surface area (Å²) in [6, 6.07) is 10.2. The molecule has 0 aliphatic rings. The van der Waals surface area contributed by atoms with Gasteiger partial charge in [-0.3, -0.25) is 14.2 Å². The van der Waals surface area contributed by atoms with Crippen molar-refractivity contribution in [3.05, 3.63) is 68.9 Å². The molecule has 0 saturated heterocycles. The van der Waals surface area contributed by atoms with Crippen molar-refractivity contribution in [3.8, 4) is 5.95 Å². The monoisotopic (exact) mass is 385 g/mol. The normalized spacial score (nSPS) is 10.8. The van der Waals surface area contributed by atoms with Crippen molar-refractivity contribution >= 4 is 23.2 Å². The van der Waals surface area contributed by atoms with E-state index in [1.165, 1.54) is 10.6 Å². The Morgan fingerprint density at radius 2 is 2.00 bits per heavy atom. The van der Waals surface area contributed by atoms with Crippen LogP contribution in [0.25, 0.3) is 5.95 Å². The molecule has 7 nitrogen and oxygen atoms in total. The second kappa shape index (κ2) is 7.75. The average molecular weight is 386 g/mol. The van der Waals surface area contributed by atoms with Gasteiger partial charge in [0.15, 0.2) is 0 Å². The third-order valence-corrected chi connectivity index (χ3v) is 4.25. The smallest absolute Gasteiger partial charge is 0.255 e. The Labute approximate surface area is 161 Å². The lowest BCUT2D eigenvalue weighted by atomic mass is 10.3. The number of nitrogens with one attached hydrogen (secondary N) is 1. The number of rotatable bonds is 5.